The van der Waals surface area contributed by atoms with Gasteiger partial charge in [-0.15, -0.1) is 0 Å². The number of hydrogen-bond acceptors (Lipinski definition) is 2. The molecule has 0 radical (unpaired) electrons. The van der Waals surface area contributed by atoms with Crippen LogP contribution in [0.4, 0.5) is 0 Å². The number of hydrogen-bond donors (Lipinski definition) is 0. The van der Waals surface area contributed by atoms with Crippen molar-refractivity contribution in [1.29, 1.82) is 0 Å². The lowest BCUT2D eigenvalue weighted by Gasteiger charge is -2.12. The molecule has 0 aliphatic heterocycles. The minimum absolute atomic E-state index is 0.709. The molecule has 0 atom stereocenters. The second kappa shape index (κ2) is 16.4. The van der Waals surface area contributed by atoms with Gasteiger partial charge in [0.2, 0.25) is 0 Å². The lowest BCUT2D eigenvalue weighted by Crippen LogP contribution is -1.97. The summed E-state index contributed by atoms with van der Waals surface area (Å²) in [7, 11) is 0. The average molecular weight is 867 g/mol. The van der Waals surface area contributed by atoms with Gasteiger partial charge in [0.1, 0.15) is 0 Å². The summed E-state index contributed by atoms with van der Waals surface area (Å²) in [6.45, 7) is 0. The highest BCUT2D eigenvalue weighted by molar-refractivity contribution is 6.12. The van der Waals surface area contributed by atoms with Gasteiger partial charge in [0.25, 0.3) is 0 Å². The summed E-state index contributed by atoms with van der Waals surface area (Å²) in [6, 6.07) is 91.2. The number of fused-ring (bicyclic) bond motifs is 6. The first kappa shape index (κ1) is 39.3. The van der Waals surface area contributed by atoms with Crippen LogP contribution in [0.3, 0.4) is 0 Å². The Morgan fingerprint density at radius 2 is 0.603 bits per heavy atom. The van der Waals surface area contributed by atoms with E-state index in [0.717, 1.165) is 45.0 Å². The van der Waals surface area contributed by atoms with Gasteiger partial charge in [-0.1, -0.05) is 188 Å². The van der Waals surface area contributed by atoms with E-state index in [1.807, 2.05) is 24.3 Å². The molecule has 0 bridgehead atoms. The molecule has 3 aromatic heterocycles. The Bertz CT molecular complexity index is 3920. The van der Waals surface area contributed by atoms with Crippen molar-refractivity contribution < 1.29 is 0 Å². The normalized spacial score (nSPS) is 11.5. The van der Waals surface area contributed by atoms with Gasteiger partial charge in [0, 0.05) is 49.6 Å². The predicted octanol–water partition coefficient (Wildman–Crippen LogP) is 16.7. The summed E-state index contributed by atoms with van der Waals surface area (Å²) in [6.07, 6.45) is 0. The SMILES string of the molecule is c1ccc(-c2ccc(-c3cccc(-n4c5ccccc5c5cc(-c6ccc7c(c6)c6ccccc6n7-c6ccc(-c7cc(-c8ccccc8)nc(-c8ccccc8)n7)cc6)ccc54)c3)cc2)cc1. The van der Waals surface area contributed by atoms with Gasteiger partial charge in [-0.25, -0.2) is 9.97 Å². The topological polar surface area (TPSA) is 35.6 Å². The fraction of sp³-hybridized carbons (Fsp3) is 0. The van der Waals surface area contributed by atoms with E-state index in [4.69, 9.17) is 9.97 Å². The van der Waals surface area contributed by atoms with Crippen molar-refractivity contribution in [2.24, 2.45) is 0 Å². The molecule has 0 fully saturated rings. The van der Waals surface area contributed by atoms with Gasteiger partial charge in [-0.3, -0.25) is 0 Å². The highest BCUT2D eigenvalue weighted by Crippen LogP contribution is 2.39. The maximum Gasteiger partial charge on any atom is 0.160 e. The third-order valence-electron chi connectivity index (χ3n) is 13.4. The fourth-order valence-electron chi connectivity index (χ4n) is 10.0. The van der Waals surface area contributed by atoms with E-state index in [1.165, 1.54) is 71.5 Å². The zero-order valence-corrected chi connectivity index (χ0v) is 37.0. The Morgan fingerprint density at radius 1 is 0.221 bits per heavy atom. The molecule has 4 heteroatoms. The fourth-order valence-corrected chi connectivity index (χ4v) is 10.0. The van der Waals surface area contributed by atoms with Gasteiger partial charge in [0.05, 0.1) is 33.5 Å². The molecule has 0 amide bonds. The zero-order valence-electron chi connectivity index (χ0n) is 37.0. The zero-order chi connectivity index (χ0) is 45.0. The standard InChI is InChI=1S/C64H42N4/c1-4-15-43(16-5-1)44-27-29-45(30-28-44)49-21-14-22-53(39-49)68-61-26-13-11-24-55(61)57-41-51(34-38-63(57)68)50-33-37-62-56(40-50)54-23-10-12-25-60(54)67(62)52-35-31-47(32-36-52)59-42-58(46-17-6-2-7-18-46)65-64(66-59)48-19-8-3-9-20-48/h1-42H. The van der Waals surface area contributed by atoms with E-state index < -0.39 is 0 Å². The van der Waals surface area contributed by atoms with E-state index in [-0.39, 0.29) is 0 Å². The van der Waals surface area contributed by atoms with Crippen LogP contribution in [0.1, 0.15) is 0 Å². The van der Waals surface area contributed by atoms with E-state index in [9.17, 15) is 0 Å². The molecular weight excluding hydrogens is 825 g/mol. The van der Waals surface area contributed by atoms with Crippen LogP contribution < -0.4 is 0 Å². The summed E-state index contributed by atoms with van der Waals surface area (Å²) in [5.74, 6) is 0.709. The van der Waals surface area contributed by atoms with Crippen LogP contribution in [0.25, 0.3) is 122 Å². The van der Waals surface area contributed by atoms with Crippen LogP contribution in [0.15, 0.2) is 255 Å². The lowest BCUT2D eigenvalue weighted by atomic mass is 10.00. The minimum Gasteiger partial charge on any atom is -0.309 e. The first-order valence-electron chi connectivity index (χ1n) is 23.1. The van der Waals surface area contributed by atoms with Gasteiger partial charge >= 0.3 is 0 Å². The van der Waals surface area contributed by atoms with Crippen molar-refractivity contribution in [3.05, 3.63) is 255 Å². The Hall–Kier alpha value is -9.12. The Labute approximate surface area is 394 Å². The van der Waals surface area contributed by atoms with E-state index in [0.29, 0.717) is 5.82 Å². The Balaban J connectivity index is 0.863. The number of benzene rings is 10. The van der Waals surface area contributed by atoms with Crippen LogP contribution in [0.2, 0.25) is 0 Å². The van der Waals surface area contributed by atoms with Crippen LogP contribution >= 0.6 is 0 Å². The van der Waals surface area contributed by atoms with Crippen molar-refractivity contribution in [3.8, 4) is 78.7 Å². The first-order chi connectivity index (χ1) is 33.7. The summed E-state index contributed by atoms with van der Waals surface area (Å²) in [5, 5.41) is 4.90. The molecule has 0 spiro atoms. The third-order valence-corrected chi connectivity index (χ3v) is 13.4. The minimum atomic E-state index is 0.709. The van der Waals surface area contributed by atoms with Crippen molar-refractivity contribution >= 4 is 43.6 Å². The summed E-state index contributed by atoms with van der Waals surface area (Å²) in [5.41, 5.74) is 19.0. The molecule has 10 aromatic carbocycles. The maximum atomic E-state index is 5.09. The highest BCUT2D eigenvalue weighted by Gasteiger charge is 2.18. The molecule has 0 saturated carbocycles. The second-order valence-electron chi connectivity index (χ2n) is 17.4. The molecule has 0 unspecified atom stereocenters. The van der Waals surface area contributed by atoms with Crippen molar-refractivity contribution in [3.63, 3.8) is 0 Å². The number of para-hydroxylation sites is 2. The Kier molecular flexibility index (Phi) is 9.47. The molecule has 4 nitrogen and oxygen atoms in total. The van der Waals surface area contributed by atoms with E-state index in [1.54, 1.807) is 0 Å². The van der Waals surface area contributed by atoms with Crippen molar-refractivity contribution in [2.75, 3.05) is 0 Å². The van der Waals surface area contributed by atoms with Crippen LogP contribution in [-0.4, -0.2) is 19.1 Å². The largest absolute Gasteiger partial charge is 0.309 e. The van der Waals surface area contributed by atoms with E-state index >= 15 is 0 Å². The summed E-state index contributed by atoms with van der Waals surface area (Å²) in [4.78, 5) is 10.1. The third kappa shape index (κ3) is 6.86. The van der Waals surface area contributed by atoms with Gasteiger partial charge in [0.15, 0.2) is 5.82 Å². The predicted molar refractivity (Wildman–Crippen MR) is 283 cm³/mol. The lowest BCUT2D eigenvalue weighted by molar-refractivity contribution is 1.17. The molecule has 3 heterocycles. The molecule has 0 saturated heterocycles. The molecular formula is C64H42N4. The number of aromatic nitrogens is 4. The van der Waals surface area contributed by atoms with Gasteiger partial charge < -0.3 is 9.13 Å². The molecule has 68 heavy (non-hydrogen) atoms. The van der Waals surface area contributed by atoms with E-state index in [2.05, 4.69) is 240 Å². The molecule has 0 aliphatic rings. The molecule has 318 valence electrons. The summed E-state index contributed by atoms with van der Waals surface area (Å²) >= 11 is 0. The summed E-state index contributed by atoms with van der Waals surface area (Å²) < 4.78 is 4.79. The van der Waals surface area contributed by atoms with Crippen LogP contribution in [0.5, 0.6) is 0 Å². The van der Waals surface area contributed by atoms with Gasteiger partial charge in [-0.2, -0.15) is 0 Å². The maximum absolute atomic E-state index is 5.09. The second-order valence-corrected chi connectivity index (χ2v) is 17.4. The van der Waals surface area contributed by atoms with Crippen LogP contribution in [0, 0.1) is 0 Å². The number of nitrogens with zero attached hydrogens (tertiary/aromatic N) is 4. The average Bonchev–Trinajstić information content (AvgIpc) is 3.94. The monoisotopic (exact) mass is 866 g/mol. The van der Waals surface area contributed by atoms with Crippen molar-refractivity contribution in [2.45, 2.75) is 0 Å². The van der Waals surface area contributed by atoms with Gasteiger partial charge in [-0.05, 0) is 100 Å². The Morgan fingerprint density at radius 3 is 1.18 bits per heavy atom. The molecule has 13 aromatic rings. The molecule has 13 rings (SSSR count). The first-order valence-corrected chi connectivity index (χ1v) is 23.1. The quantitative estimate of drug-likeness (QED) is 0.153. The molecule has 0 N–H and O–H groups in total. The number of rotatable bonds is 8. The van der Waals surface area contributed by atoms with Crippen molar-refractivity contribution in [1.82, 2.24) is 19.1 Å². The molecule has 0 aliphatic carbocycles. The smallest absolute Gasteiger partial charge is 0.160 e. The van der Waals surface area contributed by atoms with Crippen LogP contribution in [-0.2, 0) is 0 Å². The highest BCUT2D eigenvalue weighted by atomic mass is 15.0.